The number of rotatable bonds is 5. The van der Waals surface area contributed by atoms with Gasteiger partial charge in [0.2, 0.25) is 0 Å². The summed E-state index contributed by atoms with van der Waals surface area (Å²) in [7, 11) is 0. The molecule has 6 heteroatoms. The Labute approximate surface area is 135 Å². The van der Waals surface area contributed by atoms with E-state index in [0.717, 1.165) is 37.3 Å². The molecule has 1 aliphatic heterocycles. The molecule has 0 unspecified atom stereocenters. The van der Waals surface area contributed by atoms with Crippen LogP contribution in [0.25, 0.3) is 5.69 Å². The number of amides is 1. The van der Waals surface area contributed by atoms with Crippen LogP contribution in [-0.4, -0.2) is 40.2 Å². The third-order valence-electron chi connectivity index (χ3n) is 4.21. The Morgan fingerprint density at radius 2 is 2.17 bits per heavy atom. The van der Waals surface area contributed by atoms with Gasteiger partial charge in [0.1, 0.15) is 0 Å². The molecule has 3 rings (SSSR count). The van der Waals surface area contributed by atoms with Gasteiger partial charge in [-0.1, -0.05) is 24.3 Å². The second kappa shape index (κ2) is 6.91. The molecular formula is C17H22N4O2. The molecule has 1 fully saturated rings. The zero-order chi connectivity index (χ0) is 16.2. The second-order valence-electron chi connectivity index (χ2n) is 5.80. The standard InChI is InChI=1S/C17H22N4O2/c1-3-13-6-8-14(9-7-13)21-12(2)16(19-20-21)17(22)18-11-15-5-4-10-23-15/h6-9,15H,3-5,10-11H2,1-2H3,(H,18,22)/t15-/m1/s1. The predicted molar refractivity (Wildman–Crippen MR) is 86.8 cm³/mol. The van der Waals surface area contributed by atoms with E-state index in [1.165, 1.54) is 5.56 Å². The van der Waals surface area contributed by atoms with Crippen LogP contribution in [0.15, 0.2) is 24.3 Å². The summed E-state index contributed by atoms with van der Waals surface area (Å²) in [6, 6.07) is 8.12. The summed E-state index contributed by atoms with van der Waals surface area (Å²) in [4.78, 5) is 12.3. The number of nitrogens with zero attached hydrogens (tertiary/aromatic N) is 3. The first-order chi connectivity index (χ1) is 11.2. The fourth-order valence-corrected chi connectivity index (χ4v) is 2.75. The SMILES string of the molecule is CCc1ccc(-n2nnc(C(=O)NC[C@H]3CCCO3)c2C)cc1. The van der Waals surface area contributed by atoms with Crippen molar-refractivity contribution in [3.63, 3.8) is 0 Å². The summed E-state index contributed by atoms with van der Waals surface area (Å²) in [6.45, 7) is 5.28. The summed E-state index contributed by atoms with van der Waals surface area (Å²) in [5.41, 5.74) is 3.27. The molecule has 6 nitrogen and oxygen atoms in total. The molecule has 1 N–H and O–H groups in total. The molecule has 0 aliphatic carbocycles. The first-order valence-electron chi connectivity index (χ1n) is 8.10. The highest BCUT2D eigenvalue weighted by Gasteiger charge is 2.20. The van der Waals surface area contributed by atoms with E-state index in [9.17, 15) is 4.79 Å². The number of carbonyl (C=O) groups excluding carboxylic acids is 1. The van der Waals surface area contributed by atoms with Crippen molar-refractivity contribution in [3.8, 4) is 5.69 Å². The number of aromatic nitrogens is 3. The van der Waals surface area contributed by atoms with Crippen LogP contribution in [0.3, 0.4) is 0 Å². The van der Waals surface area contributed by atoms with Crippen LogP contribution in [0.4, 0.5) is 0 Å². The van der Waals surface area contributed by atoms with E-state index < -0.39 is 0 Å². The van der Waals surface area contributed by atoms with Gasteiger partial charge in [-0.05, 0) is 43.9 Å². The van der Waals surface area contributed by atoms with Crippen LogP contribution in [0.2, 0.25) is 0 Å². The normalized spacial score (nSPS) is 17.4. The molecule has 1 saturated heterocycles. The molecule has 23 heavy (non-hydrogen) atoms. The summed E-state index contributed by atoms with van der Waals surface area (Å²) < 4.78 is 7.20. The number of aryl methyl sites for hydroxylation is 1. The first kappa shape index (κ1) is 15.7. The van der Waals surface area contributed by atoms with Crippen LogP contribution >= 0.6 is 0 Å². The number of benzene rings is 1. The number of nitrogens with one attached hydrogen (secondary N) is 1. The fourth-order valence-electron chi connectivity index (χ4n) is 2.75. The average Bonchev–Trinajstić information content (AvgIpc) is 3.22. The summed E-state index contributed by atoms with van der Waals surface area (Å²) in [5, 5.41) is 11.0. The minimum Gasteiger partial charge on any atom is -0.376 e. The predicted octanol–water partition coefficient (Wildman–Crippen LogP) is 2.05. The Balaban J connectivity index is 1.71. The van der Waals surface area contributed by atoms with E-state index in [-0.39, 0.29) is 12.0 Å². The molecule has 1 aromatic heterocycles. The molecule has 122 valence electrons. The van der Waals surface area contributed by atoms with Crippen molar-refractivity contribution in [2.75, 3.05) is 13.2 Å². The van der Waals surface area contributed by atoms with Crippen LogP contribution in [0, 0.1) is 6.92 Å². The lowest BCUT2D eigenvalue weighted by Gasteiger charge is -2.10. The monoisotopic (exact) mass is 314 g/mol. The maximum atomic E-state index is 12.3. The lowest BCUT2D eigenvalue weighted by molar-refractivity contribution is 0.0853. The van der Waals surface area contributed by atoms with Crippen molar-refractivity contribution in [2.24, 2.45) is 0 Å². The fraction of sp³-hybridized carbons (Fsp3) is 0.471. The van der Waals surface area contributed by atoms with Gasteiger partial charge >= 0.3 is 0 Å². The molecule has 0 spiro atoms. The number of hydrogen-bond donors (Lipinski definition) is 1. The van der Waals surface area contributed by atoms with Crippen LogP contribution < -0.4 is 5.32 Å². The summed E-state index contributed by atoms with van der Waals surface area (Å²) in [5.74, 6) is -0.200. The summed E-state index contributed by atoms with van der Waals surface area (Å²) >= 11 is 0. The molecule has 2 heterocycles. The van der Waals surface area contributed by atoms with Gasteiger partial charge in [-0.15, -0.1) is 5.10 Å². The molecule has 0 radical (unpaired) electrons. The molecule has 2 aromatic rings. The Bertz CT molecular complexity index is 672. The lowest BCUT2D eigenvalue weighted by atomic mass is 10.1. The van der Waals surface area contributed by atoms with Gasteiger partial charge < -0.3 is 10.1 Å². The minimum absolute atomic E-state index is 0.121. The zero-order valence-corrected chi connectivity index (χ0v) is 13.6. The number of carbonyl (C=O) groups is 1. The number of hydrogen-bond acceptors (Lipinski definition) is 4. The molecule has 1 atom stereocenters. The van der Waals surface area contributed by atoms with Crippen molar-refractivity contribution in [2.45, 2.75) is 39.2 Å². The van der Waals surface area contributed by atoms with Gasteiger partial charge in [-0.2, -0.15) is 0 Å². The molecule has 1 aliphatic rings. The molecule has 0 saturated carbocycles. The Morgan fingerprint density at radius 3 is 2.83 bits per heavy atom. The lowest BCUT2D eigenvalue weighted by Crippen LogP contribution is -2.32. The van der Waals surface area contributed by atoms with E-state index in [4.69, 9.17) is 4.74 Å². The van der Waals surface area contributed by atoms with Gasteiger partial charge in [0.15, 0.2) is 5.69 Å². The van der Waals surface area contributed by atoms with E-state index in [0.29, 0.717) is 12.2 Å². The van der Waals surface area contributed by atoms with E-state index in [2.05, 4.69) is 34.7 Å². The largest absolute Gasteiger partial charge is 0.376 e. The maximum Gasteiger partial charge on any atom is 0.273 e. The van der Waals surface area contributed by atoms with Crippen LogP contribution in [0.5, 0.6) is 0 Å². The smallest absolute Gasteiger partial charge is 0.273 e. The highest BCUT2D eigenvalue weighted by molar-refractivity contribution is 5.93. The van der Waals surface area contributed by atoms with Gasteiger partial charge in [0.25, 0.3) is 5.91 Å². The zero-order valence-electron chi connectivity index (χ0n) is 13.6. The average molecular weight is 314 g/mol. The van der Waals surface area contributed by atoms with E-state index in [1.54, 1.807) is 4.68 Å². The third-order valence-corrected chi connectivity index (χ3v) is 4.21. The Morgan fingerprint density at radius 1 is 1.39 bits per heavy atom. The van der Waals surface area contributed by atoms with Gasteiger partial charge in [0, 0.05) is 13.2 Å². The highest BCUT2D eigenvalue weighted by Crippen LogP contribution is 2.14. The Hall–Kier alpha value is -2.21. The molecule has 1 aromatic carbocycles. The highest BCUT2D eigenvalue weighted by atomic mass is 16.5. The number of ether oxygens (including phenoxy) is 1. The minimum atomic E-state index is -0.200. The third kappa shape index (κ3) is 3.42. The van der Waals surface area contributed by atoms with E-state index in [1.807, 2.05) is 19.1 Å². The van der Waals surface area contributed by atoms with Crippen molar-refractivity contribution in [1.82, 2.24) is 20.3 Å². The van der Waals surface area contributed by atoms with Crippen LogP contribution in [-0.2, 0) is 11.2 Å². The van der Waals surface area contributed by atoms with Gasteiger partial charge in [0.05, 0.1) is 17.5 Å². The van der Waals surface area contributed by atoms with Crippen molar-refractivity contribution < 1.29 is 9.53 Å². The van der Waals surface area contributed by atoms with Gasteiger partial charge in [-0.25, -0.2) is 4.68 Å². The quantitative estimate of drug-likeness (QED) is 0.917. The first-order valence-corrected chi connectivity index (χ1v) is 8.10. The van der Waals surface area contributed by atoms with Crippen LogP contribution in [0.1, 0.15) is 41.5 Å². The topological polar surface area (TPSA) is 69.0 Å². The van der Waals surface area contributed by atoms with Crippen molar-refractivity contribution in [1.29, 1.82) is 0 Å². The van der Waals surface area contributed by atoms with Gasteiger partial charge in [-0.3, -0.25) is 4.79 Å². The van der Waals surface area contributed by atoms with Crippen molar-refractivity contribution >= 4 is 5.91 Å². The summed E-state index contributed by atoms with van der Waals surface area (Å²) in [6.07, 6.45) is 3.17. The van der Waals surface area contributed by atoms with Crippen molar-refractivity contribution in [3.05, 3.63) is 41.2 Å². The maximum absolute atomic E-state index is 12.3. The molecule has 1 amide bonds. The van der Waals surface area contributed by atoms with E-state index >= 15 is 0 Å². The molecule has 0 bridgehead atoms. The second-order valence-corrected chi connectivity index (χ2v) is 5.80. The molecular weight excluding hydrogens is 292 g/mol. The Kier molecular flexibility index (Phi) is 4.71.